The Morgan fingerprint density at radius 2 is 1.88 bits per heavy atom. The van der Waals surface area contributed by atoms with Crippen molar-refractivity contribution in [2.75, 3.05) is 19.0 Å². The maximum absolute atomic E-state index is 5.88. The Morgan fingerprint density at radius 1 is 1.12 bits per heavy atom. The highest BCUT2D eigenvalue weighted by Gasteiger charge is 2.22. The number of aryl methyl sites for hydroxylation is 1. The molecule has 0 aromatic heterocycles. The Bertz CT molecular complexity index is 947. The van der Waals surface area contributed by atoms with Gasteiger partial charge in [-0.1, -0.05) is 24.3 Å². The Balaban J connectivity index is 1.54. The van der Waals surface area contributed by atoms with Gasteiger partial charge in [0.1, 0.15) is 5.75 Å². The summed E-state index contributed by atoms with van der Waals surface area (Å²) in [5.74, 6) is 2.35. The molecule has 172 valence electrons. The Labute approximate surface area is 194 Å². The van der Waals surface area contributed by atoms with Gasteiger partial charge in [-0.2, -0.15) is 0 Å². The number of hydrogen-bond donors (Lipinski definition) is 2. The second-order valence-corrected chi connectivity index (χ2v) is 9.96. The first-order valence-corrected chi connectivity index (χ1v) is 11.7. The van der Waals surface area contributed by atoms with Crippen LogP contribution in [0.25, 0.3) is 5.57 Å². The average Bonchev–Trinajstić information content (AvgIpc) is 2.78. The van der Waals surface area contributed by atoms with Gasteiger partial charge in [-0.25, -0.2) is 0 Å². The summed E-state index contributed by atoms with van der Waals surface area (Å²) in [5.41, 5.74) is 11.6. The number of nitrogens with zero attached hydrogens (tertiary/aromatic N) is 1. The van der Waals surface area contributed by atoms with Crippen molar-refractivity contribution in [3.05, 3.63) is 65.4 Å². The fourth-order valence-corrected chi connectivity index (χ4v) is 4.40. The summed E-state index contributed by atoms with van der Waals surface area (Å²) in [6, 6.07) is 15.1. The molecule has 0 spiro atoms. The summed E-state index contributed by atoms with van der Waals surface area (Å²) in [6.07, 6.45) is 8.53. The van der Waals surface area contributed by atoms with Crippen molar-refractivity contribution in [2.24, 2.45) is 16.6 Å². The molecule has 0 amide bonds. The molecular weight excluding hydrogens is 394 g/mol. The first-order valence-electron chi connectivity index (χ1n) is 11.7. The van der Waals surface area contributed by atoms with Gasteiger partial charge in [0.15, 0.2) is 0 Å². The fraction of sp³-hybridized carbons (Fsp3) is 0.464. The molecule has 32 heavy (non-hydrogen) atoms. The number of nitrogens with two attached hydrogens (primary N) is 1. The molecule has 2 aromatic carbocycles. The molecule has 2 aromatic rings. The van der Waals surface area contributed by atoms with Crippen molar-refractivity contribution in [1.29, 1.82) is 0 Å². The minimum atomic E-state index is -0.118. The van der Waals surface area contributed by atoms with E-state index in [0.717, 1.165) is 29.1 Å². The predicted octanol–water partition coefficient (Wildman–Crippen LogP) is 6.56. The van der Waals surface area contributed by atoms with Gasteiger partial charge >= 0.3 is 0 Å². The number of aliphatic imine (C=N–C) groups is 1. The molecule has 0 heterocycles. The number of rotatable bonds is 7. The Morgan fingerprint density at radius 3 is 2.50 bits per heavy atom. The van der Waals surface area contributed by atoms with E-state index in [0.29, 0.717) is 11.8 Å². The van der Waals surface area contributed by atoms with E-state index in [-0.39, 0.29) is 5.54 Å². The number of allylic oxidation sites excluding steroid dienone is 1. The molecule has 0 aliphatic heterocycles. The third-order valence-corrected chi connectivity index (χ3v) is 6.30. The van der Waals surface area contributed by atoms with Gasteiger partial charge in [0.05, 0.1) is 12.6 Å². The van der Waals surface area contributed by atoms with Crippen molar-refractivity contribution in [3.63, 3.8) is 0 Å². The van der Waals surface area contributed by atoms with E-state index in [2.05, 4.69) is 80.5 Å². The molecular formula is C28H39N3O. The van der Waals surface area contributed by atoms with Crippen molar-refractivity contribution in [3.8, 4) is 5.75 Å². The molecule has 4 nitrogen and oxygen atoms in total. The molecule has 3 N–H and O–H groups in total. The SMILES string of the molecule is COc1ccc(C2CCC(CNc3cccc(C(C=NC(C)(C)C)=CN)c3)CC2)cc1C. The zero-order valence-corrected chi connectivity index (χ0v) is 20.3. The number of nitrogens with one attached hydrogen (secondary N) is 1. The van der Waals surface area contributed by atoms with Crippen molar-refractivity contribution in [2.45, 2.75) is 64.8 Å². The zero-order chi connectivity index (χ0) is 23.1. The van der Waals surface area contributed by atoms with Crippen molar-refractivity contribution >= 4 is 17.5 Å². The van der Waals surface area contributed by atoms with Crippen LogP contribution in [-0.2, 0) is 0 Å². The van der Waals surface area contributed by atoms with E-state index in [1.165, 1.54) is 36.8 Å². The summed E-state index contributed by atoms with van der Waals surface area (Å²) < 4.78 is 5.41. The van der Waals surface area contributed by atoms with Gasteiger partial charge in [0, 0.05) is 30.2 Å². The second kappa shape index (κ2) is 10.7. The van der Waals surface area contributed by atoms with Crippen LogP contribution in [0.3, 0.4) is 0 Å². The second-order valence-electron chi connectivity index (χ2n) is 9.96. The number of methoxy groups -OCH3 is 1. The van der Waals surface area contributed by atoms with Gasteiger partial charge < -0.3 is 15.8 Å². The normalized spacial score (nSPS) is 19.8. The number of anilines is 1. The van der Waals surface area contributed by atoms with Gasteiger partial charge in [-0.3, -0.25) is 4.99 Å². The lowest BCUT2D eigenvalue weighted by atomic mass is 9.78. The monoisotopic (exact) mass is 433 g/mol. The maximum atomic E-state index is 5.88. The Hall–Kier alpha value is -2.75. The van der Waals surface area contributed by atoms with Gasteiger partial charge in [-0.15, -0.1) is 0 Å². The molecule has 0 unspecified atom stereocenters. The number of benzene rings is 2. The van der Waals surface area contributed by atoms with Crippen LogP contribution in [0.5, 0.6) is 5.75 Å². The van der Waals surface area contributed by atoms with Gasteiger partial charge in [-0.05, 0) is 100 Å². The molecule has 1 saturated carbocycles. The third kappa shape index (κ3) is 6.62. The van der Waals surface area contributed by atoms with E-state index >= 15 is 0 Å². The Kier molecular flexibility index (Phi) is 8.00. The summed E-state index contributed by atoms with van der Waals surface area (Å²) in [5, 5.41) is 3.66. The smallest absolute Gasteiger partial charge is 0.121 e. The van der Waals surface area contributed by atoms with Crippen LogP contribution in [0.15, 0.2) is 53.7 Å². The molecule has 0 saturated heterocycles. The van der Waals surface area contributed by atoms with Gasteiger partial charge in [0.2, 0.25) is 0 Å². The summed E-state index contributed by atoms with van der Waals surface area (Å²) >= 11 is 0. The lowest BCUT2D eigenvalue weighted by Gasteiger charge is -2.29. The topological polar surface area (TPSA) is 59.6 Å². The predicted molar refractivity (Wildman–Crippen MR) is 138 cm³/mol. The van der Waals surface area contributed by atoms with Crippen LogP contribution in [-0.4, -0.2) is 25.4 Å². The zero-order valence-electron chi connectivity index (χ0n) is 20.3. The molecule has 1 aliphatic rings. The van der Waals surface area contributed by atoms with Gasteiger partial charge in [0.25, 0.3) is 0 Å². The van der Waals surface area contributed by atoms with Crippen molar-refractivity contribution in [1.82, 2.24) is 0 Å². The van der Waals surface area contributed by atoms with Crippen LogP contribution in [0.4, 0.5) is 5.69 Å². The molecule has 1 aliphatic carbocycles. The van der Waals surface area contributed by atoms with E-state index in [4.69, 9.17) is 10.5 Å². The molecule has 4 heteroatoms. The molecule has 0 bridgehead atoms. The largest absolute Gasteiger partial charge is 0.496 e. The van der Waals surface area contributed by atoms with Crippen molar-refractivity contribution < 1.29 is 4.74 Å². The number of ether oxygens (including phenoxy) is 1. The highest BCUT2D eigenvalue weighted by Crippen LogP contribution is 2.37. The third-order valence-electron chi connectivity index (χ3n) is 6.30. The van der Waals surface area contributed by atoms with Crippen LogP contribution >= 0.6 is 0 Å². The lowest BCUT2D eigenvalue weighted by Crippen LogP contribution is -2.20. The van der Waals surface area contributed by atoms with E-state index in [1.54, 1.807) is 13.3 Å². The molecule has 0 radical (unpaired) electrons. The fourth-order valence-electron chi connectivity index (χ4n) is 4.40. The highest BCUT2D eigenvalue weighted by molar-refractivity contribution is 6.10. The maximum Gasteiger partial charge on any atom is 0.121 e. The lowest BCUT2D eigenvalue weighted by molar-refractivity contribution is 0.338. The summed E-state index contributed by atoms with van der Waals surface area (Å²) in [6.45, 7) is 9.39. The summed E-state index contributed by atoms with van der Waals surface area (Å²) in [7, 11) is 1.74. The van der Waals surface area contributed by atoms with Crippen LogP contribution in [0, 0.1) is 12.8 Å². The van der Waals surface area contributed by atoms with Crippen LogP contribution in [0.2, 0.25) is 0 Å². The minimum absolute atomic E-state index is 0.118. The standard InChI is InChI=1S/C28H39N3O/c1-20-15-24(13-14-27(20)32-5)22-11-9-21(10-12-22)18-30-26-8-6-7-23(16-26)25(17-29)19-31-28(2,3)4/h6-8,13-17,19,21-22,30H,9-12,18,29H2,1-5H3. The molecule has 0 atom stereocenters. The highest BCUT2D eigenvalue weighted by atomic mass is 16.5. The molecule has 3 rings (SSSR count). The van der Waals surface area contributed by atoms with Crippen LogP contribution < -0.4 is 15.8 Å². The van der Waals surface area contributed by atoms with E-state index in [9.17, 15) is 0 Å². The molecule has 1 fully saturated rings. The number of hydrogen-bond acceptors (Lipinski definition) is 4. The quantitative estimate of drug-likeness (QED) is 0.486. The minimum Gasteiger partial charge on any atom is -0.496 e. The average molecular weight is 434 g/mol. The van der Waals surface area contributed by atoms with Crippen LogP contribution in [0.1, 0.15) is 69.1 Å². The first kappa shape index (κ1) is 23.9. The summed E-state index contributed by atoms with van der Waals surface area (Å²) in [4.78, 5) is 4.60. The first-order chi connectivity index (χ1) is 15.3. The van der Waals surface area contributed by atoms with E-state index < -0.39 is 0 Å². The van der Waals surface area contributed by atoms with E-state index in [1.807, 2.05) is 6.21 Å².